The average Bonchev–Trinajstić information content (AvgIpc) is 2.85. The van der Waals surface area contributed by atoms with Crippen molar-refractivity contribution in [2.75, 3.05) is 18.0 Å². The Labute approximate surface area is 145 Å². The van der Waals surface area contributed by atoms with Gasteiger partial charge in [-0.25, -0.2) is 4.90 Å². The average molecular weight is 350 g/mol. The van der Waals surface area contributed by atoms with E-state index in [-0.39, 0.29) is 30.1 Å². The van der Waals surface area contributed by atoms with E-state index in [2.05, 4.69) is 0 Å². The molecular formula is C17H20ClN3O3. The van der Waals surface area contributed by atoms with Gasteiger partial charge in [0, 0.05) is 10.9 Å². The number of amides is 3. The van der Waals surface area contributed by atoms with Crippen molar-refractivity contribution in [2.24, 2.45) is 11.7 Å². The second-order valence-corrected chi connectivity index (χ2v) is 6.84. The van der Waals surface area contributed by atoms with Crippen LogP contribution in [0.2, 0.25) is 5.02 Å². The van der Waals surface area contributed by atoms with Gasteiger partial charge in [0.2, 0.25) is 11.8 Å². The Morgan fingerprint density at radius 2 is 1.92 bits per heavy atom. The van der Waals surface area contributed by atoms with Crippen molar-refractivity contribution in [3.05, 3.63) is 28.8 Å². The molecule has 24 heavy (non-hydrogen) atoms. The number of benzene rings is 1. The van der Waals surface area contributed by atoms with Crippen molar-refractivity contribution < 1.29 is 14.4 Å². The standard InChI is InChI=1S/C17H20ClN3O3/c1-10-2-3-12(8-13(10)18)21-15(22)9-14(17(21)24)20-6-4-11(5-7-20)16(19)23/h2-3,8,11,14H,4-7,9H2,1H3,(H2,19,23)/t14-/m1/s1. The molecule has 0 saturated carbocycles. The van der Waals surface area contributed by atoms with Gasteiger partial charge in [0.15, 0.2) is 0 Å². The summed E-state index contributed by atoms with van der Waals surface area (Å²) in [6.45, 7) is 3.06. The van der Waals surface area contributed by atoms with E-state index < -0.39 is 6.04 Å². The molecule has 2 saturated heterocycles. The molecule has 0 radical (unpaired) electrons. The summed E-state index contributed by atoms with van der Waals surface area (Å²) in [4.78, 5) is 39.6. The van der Waals surface area contributed by atoms with E-state index in [4.69, 9.17) is 17.3 Å². The Balaban J connectivity index is 1.75. The highest BCUT2D eigenvalue weighted by atomic mass is 35.5. The monoisotopic (exact) mass is 349 g/mol. The summed E-state index contributed by atoms with van der Waals surface area (Å²) >= 11 is 6.11. The zero-order valence-electron chi connectivity index (χ0n) is 13.5. The number of aryl methyl sites for hydroxylation is 1. The SMILES string of the molecule is Cc1ccc(N2C(=O)C[C@@H](N3CCC(C(N)=O)CC3)C2=O)cc1Cl. The third-order valence-corrected chi connectivity index (χ3v) is 5.32. The number of carbonyl (C=O) groups excluding carboxylic acids is 3. The number of rotatable bonds is 3. The topological polar surface area (TPSA) is 83.7 Å². The molecule has 3 rings (SSSR count). The first-order chi connectivity index (χ1) is 11.4. The minimum atomic E-state index is -0.466. The van der Waals surface area contributed by atoms with Crippen molar-refractivity contribution >= 4 is 35.0 Å². The van der Waals surface area contributed by atoms with Crippen LogP contribution in [0.3, 0.4) is 0 Å². The van der Waals surface area contributed by atoms with E-state index in [1.165, 1.54) is 4.90 Å². The lowest BCUT2D eigenvalue weighted by Crippen LogP contribution is -2.47. The maximum Gasteiger partial charge on any atom is 0.251 e. The van der Waals surface area contributed by atoms with Crippen molar-refractivity contribution in [2.45, 2.75) is 32.2 Å². The summed E-state index contributed by atoms with van der Waals surface area (Å²) in [5.74, 6) is -0.876. The molecule has 1 aromatic rings. The molecule has 3 amide bonds. The molecule has 0 spiro atoms. The molecule has 1 atom stereocenters. The van der Waals surface area contributed by atoms with E-state index in [9.17, 15) is 14.4 Å². The molecule has 2 aliphatic heterocycles. The van der Waals surface area contributed by atoms with E-state index in [1.54, 1.807) is 18.2 Å². The first-order valence-corrected chi connectivity index (χ1v) is 8.42. The van der Waals surface area contributed by atoms with Gasteiger partial charge < -0.3 is 5.73 Å². The number of halogens is 1. The Morgan fingerprint density at radius 1 is 1.25 bits per heavy atom. The van der Waals surface area contributed by atoms with Crippen LogP contribution < -0.4 is 10.6 Å². The number of carbonyl (C=O) groups is 3. The fourth-order valence-electron chi connectivity index (χ4n) is 3.39. The summed E-state index contributed by atoms with van der Waals surface area (Å²) in [7, 11) is 0. The van der Waals surface area contributed by atoms with Gasteiger partial charge in [-0.05, 0) is 50.6 Å². The van der Waals surface area contributed by atoms with Crippen LogP contribution >= 0.6 is 11.6 Å². The van der Waals surface area contributed by atoms with Crippen LogP contribution in [0.4, 0.5) is 5.69 Å². The number of imide groups is 1. The summed E-state index contributed by atoms with van der Waals surface area (Å²) in [6.07, 6.45) is 1.42. The van der Waals surface area contributed by atoms with Gasteiger partial charge in [-0.2, -0.15) is 0 Å². The molecule has 2 fully saturated rings. The molecule has 2 N–H and O–H groups in total. The molecule has 0 aliphatic carbocycles. The first kappa shape index (κ1) is 16.9. The van der Waals surface area contributed by atoms with Crippen LogP contribution in [0.25, 0.3) is 0 Å². The minimum Gasteiger partial charge on any atom is -0.369 e. The van der Waals surface area contributed by atoms with Gasteiger partial charge in [0.25, 0.3) is 5.91 Å². The van der Waals surface area contributed by atoms with Gasteiger partial charge in [-0.1, -0.05) is 17.7 Å². The van der Waals surface area contributed by atoms with Crippen molar-refractivity contribution in [1.82, 2.24) is 4.90 Å². The summed E-state index contributed by atoms with van der Waals surface area (Å²) < 4.78 is 0. The van der Waals surface area contributed by atoms with Crippen LogP contribution in [0.15, 0.2) is 18.2 Å². The van der Waals surface area contributed by atoms with Crippen LogP contribution in [0, 0.1) is 12.8 Å². The Bertz CT molecular complexity index is 698. The van der Waals surface area contributed by atoms with Crippen molar-refractivity contribution in [1.29, 1.82) is 0 Å². The second kappa shape index (κ2) is 6.53. The quantitative estimate of drug-likeness (QED) is 0.838. The van der Waals surface area contributed by atoms with Gasteiger partial charge in [-0.3, -0.25) is 19.3 Å². The zero-order valence-corrected chi connectivity index (χ0v) is 14.3. The van der Waals surface area contributed by atoms with Crippen LogP contribution in [0.5, 0.6) is 0 Å². The Kier molecular flexibility index (Phi) is 4.60. The van der Waals surface area contributed by atoms with Crippen LogP contribution in [-0.2, 0) is 14.4 Å². The third kappa shape index (κ3) is 3.03. The summed E-state index contributed by atoms with van der Waals surface area (Å²) in [5, 5.41) is 0.527. The van der Waals surface area contributed by atoms with Crippen LogP contribution in [0.1, 0.15) is 24.8 Å². The van der Waals surface area contributed by atoms with Crippen LogP contribution in [-0.4, -0.2) is 41.8 Å². The third-order valence-electron chi connectivity index (χ3n) is 4.91. The summed E-state index contributed by atoms with van der Waals surface area (Å²) in [5.41, 5.74) is 6.74. The number of anilines is 1. The smallest absolute Gasteiger partial charge is 0.251 e. The minimum absolute atomic E-state index is 0.138. The fourth-order valence-corrected chi connectivity index (χ4v) is 3.56. The maximum absolute atomic E-state index is 12.8. The molecular weight excluding hydrogens is 330 g/mol. The number of nitrogens with two attached hydrogens (primary N) is 1. The number of hydrogen-bond donors (Lipinski definition) is 1. The van der Waals surface area contributed by atoms with E-state index in [1.807, 2.05) is 11.8 Å². The highest BCUT2D eigenvalue weighted by Crippen LogP contribution is 2.30. The maximum atomic E-state index is 12.8. The molecule has 128 valence electrons. The van der Waals surface area contributed by atoms with E-state index >= 15 is 0 Å². The molecule has 7 heteroatoms. The normalized spacial score (nSPS) is 23.1. The highest BCUT2D eigenvalue weighted by Gasteiger charge is 2.43. The second-order valence-electron chi connectivity index (χ2n) is 6.43. The lowest BCUT2D eigenvalue weighted by atomic mass is 9.95. The number of nitrogens with zero attached hydrogens (tertiary/aromatic N) is 2. The number of likely N-dealkylation sites (tertiary alicyclic amines) is 1. The summed E-state index contributed by atoms with van der Waals surface area (Å²) in [6, 6.07) is 4.71. The molecule has 0 aromatic heterocycles. The molecule has 1 aromatic carbocycles. The van der Waals surface area contributed by atoms with E-state index in [0.29, 0.717) is 36.6 Å². The Morgan fingerprint density at radius 3 is 2.50 bits per heavy atom. The van der Waals surface area contributed by atoms with Crippen molar-refractivity contribution in [3.63, 3.8) is 0 Å². The fraction of sp³-hybridized carbons (Fsp3) is 0.471. The van der Waals surface area contributed by atoms with Crippen molar-refractivity contribution in [3.8, 4) is 0 Å². The lowest BCUT2D eigenvalue weighted by Gasteiger charge is -2.33. The molecule has 0 unspecified atom stereocenters. The first-order valence-electron chi connectivity index (χ1n) is 8.05. The molecule has 2 aliphatic rings. The molecule has 6 nitrogen and oxygen atoms in total. The predicted molar refractivity (Wildman–Crippen MR) is 90.6 cm³/mol. The molecule has 0 bridgehead atoms. The van der Waals surface area contributed by atoms with E-state index in [0.717, 1.165) is 5.56 Å². The van der Waals surface area contributed by atoms with Gasteiger partial charge in [0.1, 0.15) is 0 Å². The predicted octanol–water partition coefficient (Wildman–Crippen LogP) is 1.48. The molecule has 2 heterocycles. The largest absolute Gasteiger partial charge is 0.369 e. The highest BCUT2D eigenvalue weighted by molar-refractivity contribution is 6.32. The van der Waals surface area contributed by atoms with Gasteiger partial charge in [0.05, 0.1) is 18.2 Å². The number of piperidine rings is 1. The number of primary amides is 1. The Hall–Kier alpha value is -1.92. The lowest BCUT2D eigenvalue weighted by molar-refractivity contribution is -0.124. The van der Waals surface area contributed by atoms with Gasteiger partial charge >= 0.3 is 0 Å². The zero-order chi connectivity index (χ0) is 17.4. The number of hydrogen-bond acceptors (Lipinski definition) is 4. The van der Waals surface area contributed by atoms with Gasteiger partial charge in [-0.15, -0.1) is 0 Å².